The molecule has 4 nitrogen and oxygen atoms in total. The summed E-state index contributed by atoms with van der Waals surface area (Å²) in [5, 5.41) is 0. The molecule has 1 heterocycles. The highest BCUT2D eigenvalue weighted by Gasteiger charge is 2.17. The smallest absolute Gasteiger partial charge is 0.241 e. The van der Waals surface area contributed by atoms with Crippen LogP contribution in [0.4, 0.5) is 0 Å². The fraction of sp³-hybridized carbons (Fsp3) is 0.273. The third-order valence-electron chi connectivity index (χ3n) is 4.83. The number of rotatable bonds is 6. The largest absolute Gasteiger partial charge is 0.346 e. The average Bonchev–Trinajstić information content (AvgIpc) is 3.03. The predicted molar refractivity (Wildman–Crippen MR) is 109 cm³/mol. The van der Waals surface area contributed by atoms with Crippen LogP contribution in [-0.2, 0) is 23.1 Å². The van der Waals surface area contributed by atoms with Crippen molar-refractivity contribution in [2.24, 2.45) is 0 Å². The summed E-state index contributed by atoms with van der Waals surface area (Å²) in [6.07, 6.45) is 1.99. The second-order valence-corrected chi connectivity index (χ2v) is 8.89. The average molecular weight is 383 g/mol. The first kappa shape index (κ1) is 19.4. The Kier molecular flexibility index (Phi) is 5.53. The summed E-state index contributed by atoms with van der Waals surface area (Å²) >= 11 is 0. The normalized spacial score (nSPS) is 11.7. The molecule has 0 fully saturated rings. The van der Waals surface area contributed by atoms with Crippen molar-refractivity contribution in [1.29, 1.82) is 0 Å². The minimum absolute atomic E-state index is 0.257. The zero-order valence-corrected chi connectivity index (χ0v) is 17.1. The summed E-state index contributed by atoms with van der Waals surface area (Å²) in [5.41, 5.74) is 6.44. The quantitative estimate of drug-likeness (QED) is 0.693. The van der Waals surface area contributed by atoms with Gasteiger partial charge in [0, 0.05) is 18.4 Å². The molecule has 0 radical (unpaired) electrons. The Balaban J connectivity index is 1.78. The van der Waals surface area contributed by atoms with Crippen molar-refractivity contribution in [3.63, 3.8) is 0 Å². The van der Waals surface area contributed by atoms with E-state index in [0.717, 1.165) is 23.4 Å². The summed E-state index contributed by atoms with van der Waals surface area (Å²) in [6, 6.07) is 15.7. The SMILES string of the molecule is Cc1ccc(S(=O)(=O)NCc2cccn2Cc2cc(C)ccc2C)c(C)c1. The highest BCUT2D eigenvalue weighted by atomic mass is 32.2. The van der Waals surface area contributed by atoms with Gasteiger partial charge in [-0.1, -0.05) is 41.5 Å². The van der Waals surface area contributed by atoms with Gasteiger partial charge >= 0.3 is 0 Å². The Bertz CT molecular complexity index is 1070. The van der Waals surface area contributed by atoms with Gasteiger partial charge in [0.25, 0.3) is 0 Å². The van der Waals surface area contributed by atoms with E-state index in [0.29, 0.717) is 4.90 Å². The van der Waals surface area contributed by atoms with Gasteiger partial charge < -0.3 is 4.57 Å². The molecular formula is C22H26N2O2S. The van der Waals surface area contributed by atoms with E-state index >= 15 is 0 Å². The topological polar surface area (TPSA) is 51.1 Å². The minimum Gasteiger partial charge on any atom is -0.346 e. The molecule has 1 N–H and O–H groups in total. The van der Waals surface area contributed by atoms with Crippen molar-refractivity contribution in [1.82, 2.24) is 9.29 Å². The van der Waals surface area contributed by atoms with E-state index < -0.39 is 10.0 Å². The molecule has 0 saturated heterocycles. The number of nitrogens with one attached hydrogen (secondary N) is 1. The zero-order valence-electron chi connectivity index (χ0n) is 16.3. The van der Waals surface area contributed by atoms with Crippen molar-refractivity contribution in [2.45, 2.75) is 45.7 Å². The first-order chi connectivity index (χ1) is 12.8. The molecule has 0 bridgehead atoms. The summed E-state index contributed by atoms with van der Waals surface area (Å²) in [5.74, 6) is 0. The fourth-order valence-electron chi connectivity index (χ4n) is 3.27. The fourth-order valence-corrected chi connectivity index (χ4v) is 4.49. The molecule has 0 spiro atoms. The van der Waals surface area contributed by atoms with Crippen molar-refractivity contribution >= 4 is 10.0 Å². The minimum atomic E-state index is -3.55. The Hall–Kier alpha value is -2.37. The summed E-state index contributed by atoms with van der Waals surface area (Å²) < 4.78 is 30.2. The Morgan fingerprint density at radius 3 is 2.33 bits per heavy atom. The Morgan fingerprint density at radius 2 is 1.59 bits per heavy atom. The third kappa shape index (κ3) is 4.49. The number of benzene rings is 2. The van der Waals surface area contributed by atoms with Crippen LogP contribution in [0.3, 0.4) is 0 Å². The Labute approximate surface area is 161 Å². The standard InChI is InChI=1S/C22H26N2O2S/c1-16-8-10-22(19(4)12-16)27(25,26)23-14-21-6-5-11-24(21)15-20-13-17(2)7-9-18(20)3/h5-13,23H,14-15H2,1-4H3. The number of hydrogen-bond acceptors (Lipinski definition) is 2. The van der Waals surface area contributed by atoms with Crippen molar-refractivity contribution in [2.75, 3.05) is 0 Å². The molecule has 5 heteroatoms. The number of sulfonamides is 1. The van der Waals surface area contributed by atoms with E-state index in [9.17, 15) is 8.42 Å². The second kappa shape index (κ2) is 7.71. The maximum absolute atomic E-state index is 12.7. The zero-order chi connectivity index (χ0) is 19.6. The van der Waals surface area contributed by atoms with E-state index in [1.165, 1.54) is 16.7 Å². The molecule has 0 unspecified atom stereocenters. The van der Waals surface area contributed by atoms with E-state index in [2.05, 4.69) is 41.3 Å². The first-order valence-corrected chi connectivity index (χ1v) is 10.5. The van der Waals surface area contributed by atoms with Crippen molar-refractivity contribution < 1.29 is 8.42 Å². The molecule has 0 aliphatic carbocycles. The molecule has 3 rings (SSSR count). The van der Waals surface area contributed by atoms with Gasteiger partial charge in [0.1, 0.15) is 0 Å². The van der Waals surface area contributed by atoms with Crippen LogP contribution in [0.15, 0.2) is 59.6 Å². The molecule has 0 atom stereocenters. The maximum Gasteiger partial charge on any atom is 0.241 e. The van der Waals surface area contributed by atoms with Gasteiger partial charge in [-0.3, -0.25) is 0 Å². The van der Waals surface area contributed by atoms with Gasteiger partial charge in [-0.05, 0) is 62.6 Å². The van der Waals surface area contributed by atoms with E-state index in [1.54, 1.807) is 6.07 Å². The molecule has 1 aromatic heterocycles. The van der Waals surface area contributed by atoms with Crippen LogP contribution in [0.2, 0.25) is 0 Å². The van der Waals surface area contributed by atoms with Crippen LogP contribution in [0.25, 0.3) is 0 Å². The lowest BCUT2D eigenvalue weighted by Gasteiger charge is -2.14. The maximum atomic E-state index is 12.7. The summed E-state index contributed by atoms with van der Waals surface area (Å²) in [7, 11) is -3.55. The molecule has 0 saturated carbocycles. The van der Waals surface area contributed by atoms with Crippen LogP contribution in [-0.4, -0.2) is 13.0 Å². The molecule has 27 heavy (non-hydrogen) atoms. The van der Waals surface area contributed by atoms with Crippen LogP contribution in [0.5, 0.6) is 0 Å². The molecule has 0 aliphatic heterocycles. The predicted octanol–water partition coefficient (Wildman–Crippen LogP) is 4.25. The van der Waals surface area contributed by atoms with Gasteiger partial charge in [0.2, 0.25) is 10.0 Å². The van der Waals surface area contributed by atoms with E-state index in [1.807, 2.05) is 44.3 Å². The lowest BCUT2D eigenvalue weighted by atomic mass is 10.1. The van der Waals surface area contributed by atoms with Crippen molar-refractivity contribution in [3.8, 4) is 0 Å². The van der Waals surface area contributed by atoms with Gasteiger partial charge in [0.05, 0.1) is 11.4 Å². The highest BCUT2D eigenvalue weighted by molar-refractivity contribution is 7.89. The van der Waals surface area contributed by atoms with Crippen LogP contribution in [0, 0.1) is 27.7 Å². The second-order valence-electron chi connectivity index (χ2n) is 7.15. The number of hydrogen-bond donors (Lipinski definition) is 1. The molecule has 2 aromatic carbocycles. The van der Waals surface area contributed by atoms with Crippen LogP contribution < -0.4 is 4.72 Å². The van der Waals surface area contributed by atoms with Gasteiger partial charge in [-0.15, -0.1) is 0 Å². The Morgan fingerprint density at radius 1 is 0.889 bits per heavy atom. The van der Waals surface area contributed by atoms with Crippen molar-refractivity contribution in [3.05, 3.63) is 88.2 Å². The number of nitrogens with zero attached hydrogens (tertiary/aromatic N) is 1. The first-order valence-electron chi connectivity index (χ1n) is 9.03. The summed E-state index contributed by atoms with van der Waals surface area (Å²) in [6.45, 7) is 8.94. The molecule has 142 valence electrons. The lowest BCUT2D eigenvalue weighted by Crippen LogP contribution is -2.25. The number of aryl methyl sites for hydroxylation is 4. The van der Waals surface area contributed by atoms with Gasteiger partial charge in [0.15, 0.2) is 0 Å². The van der Waals surface area contributed by atoms with E-state index in [4.69, 9.17) is 0 Å². The summed E-state index contributed by atoms with van der Waals surface area (Å²) in [4.78, 5) is 0.334. The molecular weight excluding hydrogens is 356 g/mol. The highest BCUT2D eigenvalue weighted by Crippen LogP contribution is 2.18. The number of aromatic nitrogens is 1. The van der Waals surface area contributed by atoms with E-state index in [-0.39, 0.29) is 6.54 Å². The lowest BCUT2D eigenvalue weighted by molar-refractivity contribution is 0.577. The molecule has 0 amide bonds. The molecule has 3 aromatic rings. The molecule has 0 aliphatic rings. The third-order valence-corrected chi connectivity index (χ3v) is 6.39. The monoisotopic (exact) mass is 382 g/mol. The van der Waals surface area contributed by atoms with Crippen LogP contribution >= 0.6 is 0 Å². The van der Waals surface area contributed by atoms with Gasteiger partial charge in [-0.25, -0.2) is 13.1 Å². The van der Waals surface area contributed by atoms with Crippen LogP contribution in [0.1, 0.15) is 33.5 Å². The van der Waals surface area contributed by atoms with Gasteiger partial charge in [-0.2, -0.15) is 0 Å².